The molecule has 2 nitrogen and oxygen atoms in total. The van der Waals surface area contributed by atoms with Gasteiger partial charge in [-0.25, -0.2) is 0 Å². The first-order valence-corrected chi connectivity index (χ1v) is 6.68. The molecule has 0 radical (unpaired) electrons. The quantitative estimate of drug-likeness (QED) is 0.854. The Morgan fingerprint density at radius 2 is 2.13 bits per heavy atom. The highest BCUT2D eigenvalue weighted by molar-refractivity contribution is 7.07. The highest BCUT2D eigenvalue weighted by Crippen LogP contribution is 2.21. The molecule has 0 amide bonds. The van der Waals surface area contributed by atoms with E-state index in [-0.39, 0.29) is 5.66 Å². The van der Waals surface area contributed by atoms with Gasteiger partial charge >= 0.3 is 0 Å². The highest BCUT2D eigenvalue weighted by atomic mass is 32.1. The zero-order valence-electron chi connectivity index (χ0n) is 9.41. The third-order valence-corrected chi connectivity index (χ3v) is 3.95. The first-order valence-electron chi connectivity index (χ1n) is 5.73. The van der Waals surface area contributed by atoms with Gasteiger partial charge in [0, 0.05) is 6.42 Å². The summed E-state index contributed by atoms with van der Waals surface area (Å²) in [6.07, 6.45) is 4.94. The monoisotopic (exact) mass is 224 g/mol. The summed E-state index contributed by atoms with van der Waals surface area (Å²) in [5.74, 6) is 0. The maximum atomic E-state index is 6.41. The number of hydrogen-bond donors (Lipinski definition) is 1. The van der Waals surface area contributed by atoms with E-state index in [0.717, 1.165) is 19.5 Å². The lowest BCUT2D eigenvalue weighted by Crippen LogP contribution is -2.56. The Morgan fingerprint density at radius 1 is 1.40 bits per heavy atom. The van der Waals surface area contributed by atoms with E-state index < -0.39 is 0 Å². The fraction of sp³-hybridized carbons (Fsp3) is 0.667. The number of nitrogens with zero attached hydrogens (tertiary/aromatic N) is 1. The van der Waals surface area contributed by atoms with E-state index in [9.17, 15) is 0 Å². The van der Waals surface area contributed by atoms with Crippen LogP contribution in [0.2, 0.25) is 0 Å². The fourth-order valence-electron chi connectivity index (χ4n) is 2.32. The van der Waals surface area contributed by atoms with E-state index in [1.54, 1.807) is 11.3 Å². The average Bonchev–Trinajstić information content (AvgIpc) is 2.71. The molecule has 0 aliphatic carbocycles. The molecule has 0 bridgehead atoms. The van der Waals surface area contributed by atoms with Gasteiger partial charge in [0.05, 0.1) is 5.66 Å². The summed E-state index contributed by atoms with van der Waals surface area (Å²) in [5, 5.41) is 4.33. The van der Waals surface area contributed by atoms with E-state index in [0.29, 0.717) is 0 Å². The number of hydrogen-bond acceptors (Lipinski definition) is 3. The molecule has 2 N–H and O–H groups in total. The predicted octanol–water partition coefficient (Wildman–Crippen LogP) is 2.45. The smallest absolute Gasteiger partial charge is 0.0699 e. The molecule has 0 aromatic carbocycles. The number of nitrogens with two attached hydrogens (primary N) is 1. The molecular weight excluding hydrogens is 204 g/mol. The average molecular weight is 224 g/mol. The van der Waals surface area contributed by atoms with Crippen LogP contribution in [-0.2, 0) is 6.42 Å². The second-order valence-electron chi connectivity index (χ2n) is 4.71. The van der Waals surface area contributed by atoms with Gasteiger partial charge in [0.1, 0.15) is 0 Å². The van der Waals surface area contributed by atoms with Crippen LogP contribution in [0, 0.1) is 0 Å². The highest BCUT2D eigenvalue weighted by Gasteiger charge is 2.28. The maximum Gasteiger partial charge on any atom is 0.0699 e. The van der Waals surface area contributed by atoms with Gasteiger partial charge in [-0.05, 0) is 55.2 Å². The molecule has 1 saturated heterocycles. The van der Waals surface area contributed by atoms with Gasteiger partial charge in [0.15, 0.2) is 0 Å². The zero-order chi connectivity index (χ0) is 10.7. The van der Waals surface area contributed by atoms with Gasteiger partial charge in [-0.15, -0.1) is 0 Å². The number of likely N-dealkylation sites (tertiary alicyclic amines) is 1. The summed E-state index contributed by atoms with van der Waals surface area (Å²) in [5.41, 5.74) is 7.62. The van der Waals surface area contributed by atoms with Gasteiger partial charge in [-0.3, -0.25) is 4.90 Å². The molecule has 84 valence electrons. The Bertz CT molecular complexity index is 287. The van der Waals surface area contributed by atoms with Gasteiger partial charge in [-0.2, -0.15) is 11.3 Å². The minimum absolute atomic E-state index is 0.165. The van der Waals surface area contributed by atoms with E-state index in [1.807, 2.05) is 0 Å². The predicted molar refractivity (Wildman–Crippen MR) is 66.0 cm³/mol. The Balaban J connectivity index is 1.98. The minimum Gasteiger partial charge on any atom is -0.313 e. The Morgan fingerprint density at radius 3 is 2.73 bits per heavy atom. The van der Waals surface area contributed by atoms with E-state index in [4.69, 9.17) is 5.73 Å². The molecule has 3 heteroatoms. The van der Waals surface area contributed by atoms with Crippen molar-refractivity contribution >= 4 is 11.3 Å². The normalized spacial score (nSPS) is 22.5. The summed E-state index contributed by atoms with van der Waals surface area (Å²) in [6.45, 7) is 4.49. The zero-order valence-corrected chi connectivity index (χ0v) is 10.2. The third-order valence-electron chi connectivity index (χ3n) is 3.22. The minimum atomic E-state index is -0.165. The summed E-state index contributed by atoms with van der Waals surface area (Å²) in [4.78, 5) is 2.44. The van der Waals surface area contributed by atoms with Gasteiger partial charge in [0.25, 0.3) is 0 Å². The molecule has 0 spiro atoms. The van der Waals surface area contributed by atoms with Crippen LogP contribution in [0.3, 0.4) is 0 Å². The van der Waals surface area contributed by atoms with Crippen LogP contribution < -0.4 is 5.73 Å². The lowest BCUT2D eigenvalue weighted by Gasteiger charge is -2.40. The summed E-state index contributed by atoms with van der Waals surface area (Å²) in [6, 6.07) is 2.18. The lowest BCUT2D eigenvalue weighted by molar-refractivity contribution is 0.0857. The molecule has 1 atom stereocenters. The van der Waals surface area contributed by atoms with Crippen molar-refractivity contribution < 1.29 is 0 Å². The molecular formula is C12H20N2S. The Kier molecular flexibility index (Phi) is 3.44. The number of rotatable bonds is 3. The van der Waals surface area contributed by atoms with Crippen LogP contribution >= 0.6 is 11.3 Å². The van der Waals surface area contributed by atoms with Crippen LogP contribution in [0.15, 0.2) is 16.8 Å². The van der Waals surface area contributed by atoms with E-state index in [2.05, 4.69) is 28.7 Å². The molecule has 1 fully saturated rings. The maximum absolute atomic E-state index is 6.41. The van der Waals surface area contributed by atoms with Crippen LogP contribution in [0.1, 0.15) is 31.7 Å². The second-order valence-corrected chi connectivity index (χ2v) is 5.49. The second kappa shape index (κ2) is 4.64. The fourth-order valence-corrected chi connectivity index (χ4v) is 2.99. The largest absolute Gasteiger partial charge is 0.313 e. The van der Waals surface area contributed by atoms with Crippen molar-refractivity contribution in [1.82, 2.24) is 4.90 Å². The standard InChI is InChI=1S/C12H20N2S/c1-12(13,9-11-5-8-15-10-11)14-6-3-2-4-7-14/h5,8,10H,2-4,6-7,9,13H2,1H3. The van der Waals surface area contributed by atoms with E-state index in [1.165, 1.54) is 24.8 Å². The lowest BCUT2D eigenvalue weighted by atomic mass is 9.99. The van der Waals surface area contributed by atoms with Crippen molar-refractivity contribution in [1.29, 1.82) is 0 Å². The van der Waals surface area contributed by atoms with Crippen LogP contribution in [0.5, 0.6) is 0 Å². The van der Waals surface area contributed by atoms with Crippen LogP contribution in [-0.4, -0.2) is 23.7 Å². The van der Waals surface area contributed by atoms with Gasteiger partial charge < -0.3 is 5.73 Å². The number of piperidine rings is 1. The summed E-state index contributed by atoms with van der Waals surface area (Å²) >= 11 is 1.75. The molecule has 1 unspecified atom stereocenters. The number of thiophene rings is 1. The third kappa shape index (κ3) is 2.80. The van der Waals surface area contributed by atoms with Crippen molar-refractivity contribution in [2.45, 2.75) is 38.3 Å². The first-order chi connectivity index (χ1) is 7.18. The molecule has 0 saturated carbocycles. The SMILES string of the molecule is CC(N)(Cc1ccsc1)N1CCCCC1. The first kappa shape index (κ1) is 11.1. The summed E-state index contributed by atoms with van der Waals surface area (Å²) < 4.78 is 0. The summed E-state index contributed by atoms with van der Waals surface area (Å²) in [7, 11) is 0. The van der Waals surface area contributed by atoms with Crippen LogP contribution in [0.25, 0.3) is 0 Å². The Labute approximate surface area is 96.1 Å². The van der Waals surface area contributed by atoms with E-state index >= 15 is 0 Å². The van der Waals surface area contributed by atoms with Gasteiger partial charge in [0.2, 0.25) is 0 Å². The van der Waals surface area contributed by atoms with Crippen LogP contribution in [0.4, 0.5) is 0 Å². The van der Waals surface area contributed by atoms with Crippen molar-refractivity contribution in [3.05, 3.63) is 22.4 Å². The molecule has 2 rings (SSSR count). The Hall–Kier alpha value is -0.380. The molecule has 1 aromatic rings. The van der Waals surface area contributed by atoms with Gasteiger partial charge in [-0.1, -0.05) is 6.42 Å². The molecule has 2 heterocycles. The van der Waals surface area contributed by atoms with Crippen molar-refractivity contribution in [2.24, 2.45) is 5.73 Å². The molecule has 1 aliphatic heterocycles. The molecule has 15 heavy (non-hydrogen) atoms. The van der Waals surface area contributed by atoms with Crippen molar-refractivity contribution in [2.75, 3.05) is 13.1 Å². The molecule has 1 aromatic heterocycles. The topological polar surface area (TPSA) is 29.3 Å². The molecule has 1 aliphatic rings. The van der Waals surface area contributed by atoms with Crippen molar-refractivity contribution in [3.63, 3.8) is 0 Å². The van der Waals surface area contributed by atoms with Crippen molar-refractivity contribution in [3.8, 4) is 0 Å².